The van der Waals surface area contributed by atoms with Gasteiger partial charge < -0.3 is 10.2 Å². The zero-order valence-corrected chi connectivity index (χ0v) is 16.2. The van der Waals surface area contributed by atoms with E-state index in [2.05, 4.69) is 24.3 Å². The maximum atomic E-state index is 9.92. The fourth-order valence-electron chi connectivity index (χ4n) is 6.03. The summed E-state index contributed by atoms with van der Waals surface area (Å²) >= 11 is 0. The van der Waals surface area contributed by atoms with Gasteiger partial charge in [-0.15, -0.1) is 0 Å². The van der Waals surface area contributed by atoms with E-state index in [0.29, 0.717) is 23.3 Å². The number of hydrogen-bond acceptors (Lipinski definition) is 2. The van der Waals surface area contributed by atoms with E-state index in [1.807, 2.05) is 24.3 Å². The third-order valence-corrected chi connectivity index (χ3v) is 7.19. The molecule has 27 heavy (non-hydrogen) atoms. The van der Waals surface area contributed by atoms with Crippen molar-refractivity contribution < 1.29 is 10.2 Å². The molecule has 4 rings (SSSR count). The molecule has 0 heterocycles. The summed E-state index contributed by atoms with van der Waals surface area (Å²) in [5.74, 6) is 1.93. The van der Waals surface area contributed by atoms with Gasteiger partial charge in [-0.1, -0.05) is 62.8 Å². The SMILES string of the molecule is Oc1ccc(C(c2ccc(O)cc2)(C2CCCCC2)C2CCCCC2)cc1. The average Bonchev–Trinajstić information content (AvgIpc) is 2.73. The van der Waals surface area contributed by atoms with Crippen LogP contribution in [0.2, 0.25) is 0 Å². The molecule has 2 heteroatoms. The van der Waals surface area contributed by atoms with Gasteiger partial charge in [0.2, 0.25) is 0 Å². The fourth-order valence-corrected chi connectivity index (χ4v) is 6.03. The standard InChI is InChI=1S/C25H32O2/c26-23-15-11-21(12-16-23)25(19-7-3-1-4-8-19,20-9-5-2-6-10-20)22-13-17-24(27)18-14-22/h11-20,26-27H,1-10H2. The van der Waals surface area contributed by atoms with E-state index >= 15 is 0 Å². The van der Waals surface area contributed by atoms with Gasteiger partial charge in [-0.3, -0.25) is 0 Å². The van der Waals surface area contributed by atoms with Crippen LogP contribution in [0.25, 0.3) is 0 Å². The van der Waals surface area contributed by atoms with Crippen molar-refractivity contribution in [1.29, 1.82) is 0 Å². The van der Waals surface area contributed by atoms with Crippen molar-refractivity contribution in [1.82, 2.24) is 0 Å². The zero-order chi connectivity index (χ0) is 18.7. The molecule has 2 aromatic rings. The lowest BCUT2D eigenvalue weighted by molar-refractivity contribution is 0.133. The predicted molar refractivity (Wildman–Crippen MR) is 110 cm³/mol. The number of hydrogen-bond donors (Lipinski definition) is 2. The molecule has 0 unspecified atom stereocenters. The first-order valence-corrected chi connectivity index (χ1v) is 10.8. The van der Waals surface area contributed by atoms with Crippen LogP contribution < -0.4 is 0 Å². The van der Waals surface area contributed by atoms with Crippen LogP contribution in [0.15, 0.2) is 48.5 Å². The summed E-state index contributed by atoms with van der Waals surface area (Å²) in [5.41, 5.74) is 2.69. The van der Waals surface area contributed by atoms with Crippen LogP contribution in [0.4, 0.5) is 0 Å². The van der Waals surface area contributed by atoms with Gasteiger partial charge in [0.15, 0.2) is 0 Å². The minimum atomic E-state index is -0.0117. The number of benzene rings is 2. The van der Waals surface area contributed by atoms with E-state index < -0.39 is 0 Å². The third kappa shape index (κ3) is 3.47. The second-order valence-corrected chi connectivity index (χ2v) is 8.63. The third-order valence-electron chi connectivity index (χ3n) is 7.19. The minimum absolute atomic E-state index is 0.0117. The Morgan fingerprint density at radius 3 is 1.19 bits per heavy atom. The van der Waals surface area contributed by atoms with Crippen LogP contribution in [-0.4, -0.2) is 10.2 Å². The maximum absolute atomic E-state index is 9.92. The molecule has 0 atom stereocenters. The van der Waals surface area contributed by atoms with E-state index in [1.54, 1.807) is 0 Å². The summed E-state index contributed by atoms with van der Waals surface area (Å²) < 4.78 is 0. The van der Waals surface area contributed by atoms with E-state index in [0.717, 1.165) is 0 Å². The second-order valence-electron chi connectivity index (χ2n) is 8.63. The largest absolute Gasteiger partial charge is 0.508 e. The lowest BCUT2D eigenvalue weighted by atomic mass is 9.53. The molecular weight excluding hydrogens is 332 g/mol. The summed E-state index contributed by atoms with van der Waals surface area (Å²) in [6.45, 7) is 0. The van der Waals surface area contributed by atoms with Gasteiger partial charge in [0.1, 0.15) is 11.5 Å². The van der Waals surface area contributed by atoms with Gasteiger partial charge in [-0.05, 0) is 72.9 Å². The first-order chi connectivity index (χ1) is 13.2. The topological polar surface area (TPSA) is 40.5 Å². The Labute approximate surface area is 163 Å². The normalized spacial score (nSPS) is 19.9. The summed E-state index contributed by atoms with van der Waals surface area (Å²) in [5, 5.41) is 19.8. The van der Waals surface area contributed by atoms with Crippen molar-refractivity contribution in [3.05, 3.63) is 59.7 Å². The van der Waals surface area contributed by atoms with E-state index in [1.165, 1.54) is 75.3 Å². The number of phenols is 2. The highest BCUT2D eigenvalue weighted by Gasteiger charge is 2.48. The highest BCUT2D eigenvalue weighted by molar-refractivity contribution is 5.45. The zero-order valence-electron chi connectivity index (χ0n) is 16.2. The molecular formula is C25H32O2. The Morgan fingerprint density at radius 1 is 0.519 bits per heavy atom. The molecule has 0 saturated heterocycles. The summed E-state index contributed by atoms with van der Waals surface area (Å²) in [6.07, 6.45) is 13.1. The lowest BCUT2D eigenvalue weighted by Crippen LogP contribution is -2.45. The molecule has 2 aliphatic carbocycles. The van der Waals surface area contributed by atoms with Crippen LogP contribution in [0.3, 0.4) is 0 Å². The molecule has 2 aromatic carbocycles. The average molecular weight is 365 g/mol. The Morgan fingerprint density at radius 2 is 0.852 bits per heavy atom. The number of aromatic hydroxyl groups is 2. The van der Waals surface area contributed by atoms with Gasteiger partial charge in [0, 0.05) is 5.41 Å². The van der Waals surface area contributed by atoms with E-state index in [9.17, 15) is 10.2 Å². The maximum Gasteiger partial charge on any atom is 0.115 e. The van der Waals surface area contributed by atoms with Gasteiger partial charge in [0.05, 0.1) is 0 Å². The minimum Gasteiger partial charge on any atom is -0.508 e. The van der Waals surface area contributed by atoms with Gasteiger partial charge in [0.25, 0.3) is 0 Å². The molecule has 2 N–H and O–H groups in total. The van der Waals surface area contributed by atoms with E-state index in [-0.39, 0.29) is 5.41 Å². The van der Waals surface area contributed by atoms with Crippen molar-refractivity contribution in [3.8, 4) is 11.5 Å². The smallest absolute Gasteiger partial charge is 0.115 e. The molecule has 2 saturated carbocycles. The Bertz CT molecular complexity index is 654. The van der Waals surface area contributed by atoms with Crippen LogP contribution in [0, 0.1) is 11.8 Å². The van der Waals surface area contributed by atoms with Crippen molar-refractivity contribution in [2.45, 2.75) is 69.6 Å². The molecule has 0 aromatic heterocycles. The van der Waals surface area contributed by atoms with Crippen molar-refractivity contribution in [2.24, 2.45) is 11.8 Å². The van der Waals surface area contributed by atoms with Crippen molar-refractivity contribution in [2.75, 3.05) is 0 Å². The molecule has 0 radical (unpaired) electrons. The molecule has 2 aliphatic rings. The Kier molecular flexibility index (Phi) is 5.43. The first kappa shape index (κ1) is 18.4. The van der Waals surface area contributed by atoms with E-state index in [4.69, 9.17) is 0 Å². The molecule has 2 fully saturated rings. The van der Waals surface area contributed by atoms with Crippen LogP contribution in [-0.2, 0) is 5.41 Å². The second kappa shape index (κ2) is 7.96. The summed E-state index contributed by atoms with van der Waals surface area (Å²) in [6, 6.07) is 16.1. The predicted octanol–water partition coefficient (Wildman–Crippen LogP) is 6.54. The summed E-state index contributed by atoms with van der Waals surface area (Å²) in [7, 11) is 0. The monoisotopic (exact) mass is 364 g/mol. The number of rotatable bonds is 4. The molecule has 0 bridgehead atoms. The number of phenolic OH excluding ortho intramolecular Hbond substituents is 2. The quantitative estimate of drug-likeness (QED) is 0.646. The molecule has 0 spiro atoms. The van der Waals surface area contributed by atoms with Crippen LogP contribution >= 0.6 is 0 Å². The molecule has 144 valence electrons. The van der Waals surface area contributed by atoms with Crippen molar-refractivity contribution >= 4 is 0 Å². The highest BCUT2D eigenvalue weighted by Crippen LogP contribution is 2.54. The highest BCUT2D eigenvalue weighted by atomic mass is 16.3. The van der Waals surface area contributed by atoms with Crippen LogP contribution in [0.5, 0.6) is 11.5 Å². The first-order valence-electron chi connectivity index (χ1n) is 10.8. The Hall–Kier alpha value is -1.96. The van der Waals surface area contributed by atoms with Gasteiger partial charge in [-0.2, -0.15) is 0 Å². The molecule has 0 amide bonds. The fraction of sp³-hybridized carbons (Fsp3) is 0.520. The Balaban J connectivity index is 1.91. The van der Waals surface area contributed by atoms with Gasteiger partial charge in [-0.25, -0.2) is 0 Å². The lowest BCUT2D eigenvalue weighted by Gasteiger charge is -2.50. The molecule has 0 aliphatic heterocycles. The molecule has 2 nitrogen and oxygen atoms in total. The van der Waals surface area contributed by atoms with Crippen molar-refractivity contribution in [3.63, 3.8) is 0 Å². The van der Waals surface area contributed by atoms with Gasteiger partial charge >= 0.3 is 0 Å². The summed E-state index contributed by atoms with van der Waals surface area (Å²) in [4.78, 5) is 0. The van der Waals surface area contributed by atoms with Crippen LogP contribution in [0.1, 0.15) is 75.3 Å².